The number of aryl methyl sites for hydroxylation is 2. The number of hydrogen-bond acceptors (Lipinski definition) is 4. The summed E-state index contributed by atoms with van der Waals surface area (Å²) in [6.45, 7) is 3.76. The van der Waals surface area contributed by atoms with Crippen LogP contribution in [0, 0.1) is 19.7 Å². The average molecular weight is 423 g/mol. The van der Waals surface area contributed by atoms with E-state index in [4.69, 9.17) is 0 Å². The molecule has 5 nitrogen and oxygen atoms in total. The molecule has 0 radical (unpaired) electrons. The molecular formula is C20H23FN2O3S2. The van der Waals surface area contributed by atoms with Crippen molar-refractivity contribution >= 4 is 27.7 Å². The van der Waals surface area contributed by atoms with Gasteiger partial charge in [-0.25, -0.2) is 17.5 Å². The lowest BCUT2D eigenvalue weighted by Gasteiger charge is -2.26. The number of rotatable bonds is 6. The predicted octanol–water partition coefficient (Wildman–Crippen LogP) is 3.46. The largest absolute Gasteiger partial charge is 0.349 e. The first-order valence-corrected chi connectivity index (χ1v) is 11.5. The Morgan fingerprint density at radius 2 is 1.96 bits per heavy atom. The average Bonchev–Trinajstić information content (AvgIpc) is 2.64. The number of hydrogen-bond donors (Lipinski definition) is 2. The van der Waals surface area contributed by atoms with E-state index in [1.165, 1.54) is 12.1 Å². The van der Waals surface area contributed by atoms with Gasteiger partial charge in [0.25, 0.3) is 0 Å². The molecule has 2 N–H and O–H groups in total. The zero-order valence-corrected chi connectivity index (χ0v) is 17.4. The Morgan fingerprint density at radius 3 is 2.71 bits per heavy atom. The van der Waals surface area contributed by atoms with Crippen LogP contribution in [0.25, 0.3) is 0 Å². The summed E-state index contributed by atoms with van der Waals surface area (Å²) in [5, 5.41) is 2.89. The number of carbonyl (C=O) groups is 1. The van der Waals surface area contributed by atoms with Gasteiger partial charge in [-0.2, -0.15) is 0 Å². The highest BCUT2D eigenvalue weighted by atomic mass is 32.2. The third-order valence-corrected chi connectivity index (χ3v) is 7.36. The van der Waals surface area contributed by atoms with E-state index in [-0.39, 0.29) is 35.6 Å². The van der Waals surface area contributed by atoms with Crippen molar-refractivity contribution in [2.75, 3.05) is 12.3 Å². The number of nitrogens with one attached hydrogen (secondary N) is 2. The lowest BCUT2D eigenvalue weighted by molar-refractivity contribution is -0.121. The number of benzene rings is 2. The summed E-state index contributed by atoms with van der Waals surface area (Å²) in [6.07, 6.45) is 0.722. The topological polar surface area (TPSA) is 75.3 Å². The first-order chi connectivity index (χ1) is 13.3. The molecule has 1 aliphatic rings. The monoisotopic (exact) mass is 422 g/mol. The molecule has 1 unspecified atom stereocenters. The fraction of sp³-hybridized carbons (Fsp3) is 0.350. The molecule has 1 heterocycles. The maximum absolute atomic E-state index is 13.6. The van der Waals surface area contributed by atoms with Crippen molar-refractivity contribution in [2.24, 2.45) is 0 Å². The van der Waals surface area contributed by atoms with E-state index >= 15 is 0 Å². The molecule has 1 atom stereocenters. The maximum Gasteiger partial charge on any atom is 0.240 e. The van der Waals surface area contributed by atoms with Crippen LogP contribution in [0.15, 0.2) is 46.2 Å². The van der Waals surface area contributed by atoms with Gasteiger partial charge in [-0.05, 0) is 67.3 Å². The van der Waals surface area contributed by atoms with Crippen LogP contribution in [0.1, 0.15) is 35.6 Å². The number of carbonyl (C=O) groups excluding carboxylic acids is 1. The van der Waals surface area contributed by atoms with E-state index in [0.717, 1.165) is 27.3 Å². The van der Waals surface area contributed by atoms with Gasteiger partial charge in [0.05, 0.1) is 10.9 Å². The molecule has 0 spiro atoms. The molecule has 2 aromatic rings. The van der Waals surface area contributed by atoms with Gasteiger partial charge in [-0.15, -0.1) is 11.8 Å². The molecule has 3 rings (SSSR count). The molecule has 2 aromatic carbocycles. The highest BCUT2D eigenvalue weighted by Gasteiger charge is 2.23. The summed E-state index contributed by atoms with van der Waals surface area (Å²) in [5.41, 5.74) is 2.68. The van der Waals surface area contributed by atoms with E-state index < -0.39 is 10.0 Å². The molecule has 0 aromatic heterocycles. The van der Waals surface area contributed by atoms with Gasteiger partial charge in [-0.1, -0.05) is 6.07 Å². The summed E-state index contributed by atoms with van der Waals surface area (Å²) in [6, 6.07) is 9.26. The van der Waals surface area contributed by atoms with Gasteiger partial charge in [0.1, 0.15) is 5.82 Å². The van der Waals surface area contributed by atoms with Crippen LogP contribution in [0.4, 0.5) is 4.39 Å². The molecule has 1 aliphatic heterocycles. The van der Waals surface area contributed by atoms with Crippen molar-refractivity contribution in [3.8, 4) is 0 Å². The van der Waals surface area contributed by atoms with Crippen molar-refractivity contribution in [1.82, 2.24) is 10.0 Å². The lowest BCUT2D eigenvalue weighted by Crippen LogP contribution is -2.34. The van der Waals surface area contributed by atoms with Crippen molar-refractivity contribution in [3.63, 3.8) is 0 Å². The van der Waals surface area contributed by atoms with E-state index in [1.807, 2.05) is 13.8 Å². The zero-order chi connectivity index (χ0) is 20.3. The van der Waals surface area contributed by atoms with Crippen molar-refractivity contribution < 1.29 is 17.6 Å². The highest BCUT2D eigenvalue weighted by Crippen LogP contribution is 2.36. The SMILES string of the molecule is Cc1ccc(S(=O)(=O)NCCC(=O)NC2CCSc3ccc(F)cc32)cc1C. The van der Waals surface area contributed by atoms with Crippen molar-refractivity contribution in [1.29, 1.82) is 0 Å². The Morgan fingerprint density at radius 1 is 1.18 bits per heavy atom. The molecule has 0 aliphatic carbocycles. The summed E-state index contributed by atoms with van der Waals surface area (Å²) in [7, 11) is -3.67. The van der Waals surface area contributed by atoms with Crippen LogP contribution >= 0.6 is 11.8 Å². The Labute approximate surface area is 169 Å². The Hall–Kier alpha value is -1.90. The van der Waals surface area contributed by atoms with Gasteiger partial charge in [0.2, 0.25) is 15.9 Å². The smallest absolute Gasteiger partial charge is 0.240 e. The van der Waals surface area contributed by atoms with Gasteiger partial charge < -0.3 is 5.32 Å². The van der Waals surface area contributed by atoms with Crippen LogP contribution in [0.5, 0.6) is 0 Å². The quantitative estimate of drug-likeness (QED) is 0.748. The van der Waals surface area contributed by atoms with Gasteiger partial charge >= 0.3 is 0 Å². The maximum atomic E-state index is 13.6. The molecule has 0 fully saturated rings. The second-order valence-electron chi connectivity index (χ2n) is 6.83. The Bertz CT molecular complexity index is 993. The van der Waals surface area contributed by atoms with Gasteiger partial charge in [0, 0.05) is 23.6 Å². The zero-order valence-electron chi connectivity index (χ0n) is 15.8. The Balaban J connectivity index is 1.57. The predicted molar refractivity (Wildman–Crippen MR) is 108 cm³/mol. The van der Waals surface area contributed by atoms with Crippen molar-refractivity contribution in [2.45, 2.75) is 42.5 Å². The number of sulfonamides is 1. The number of amides is 1. The Kier molecular flexibility index (Phi) is 6.42. The molecular weight excluding hydrogens is 399 g/mol. The standard InChI is InChI=1S/C20H23FN2O3S2/c1-13-3-5-16(11-14(13)2)28(25,26)22-9-7-20(24)23-18-8-10-27-19-6-4-15(21)12-17(18)19/h3-6,11-12,18,22H,7-10H2,1-2H3,(H,23,24). The van der Waals surface area contributed by atoms with Crippen LogP contribution in [0.2, 0.25) is 0 Å². The first kappa shape index (κ1) is 20.8. The first-order valence-electron chi connectivity index (χ1n) is 9.05. The molecule has 28 heavy (non-hydrogen) atoms. The number of fused-ring (bicyclic) bond motifs is 1. The third-order valence-electron chi connectivity index (χ3n) is 4.78. The molecule has 0 saturated heterocycles. The second kappa shape index (κ2) is 8.63. The summed E-state index contributed by atoms with van der Waals surface area (Å²) >= 11 is 1.64. The molecule has 8 heteroatoms. The lowest BCUT2D eigenvalue weighted by atomic mass is 10.0. The summed E-state index contributed by atoms with van der Waals surface area (Å²) in [5.74, 6) is 0.236. The summed E-state index contributed by atoms with van der Waals surface area (Å²) in [4.78, 5) is 13.4. The summed E-state index contributed by atoms with van der Waals surface area (Å²) < 4.78 is 40.8. The molecule has 1 amide bonds. The van der Waals surface area contributed by atoms with E-state index in [2.05, 4.69) is 10.0 Å². The van der Waals surface area contributed by atoms with E-state index in [1.54, 1.807) is 36.0 Å². The van der Waals surface area contributed by atoms with Crippen LogP contribution in [-0.4, -0.2) is 26.6 Å². The van der Waals surface area contributed by atoms with Crippen molar-refractivity contribution in [3.05, 3.63) is 58.9 Å². The third kappa shape index (κ3) is 4.92. The number of halogens is 1. The normalized spacial score (nSPS) is 16.5. The fourth-order valence-corrected chi connectivity index (χ4v) is 5.27. The highest BCUT2D eigenvalue weighted by molar-refractivity contribution is 7.99. The minimum Gasteiger partial charge on any atom is -0.349 e. The van der Waals surface area contributed by atoms with E-state index in [0.29, 0.717) is 6.42 Å². The fourth-order valence-electron chi connectivity index (χ4n) is 3.05. The second-order valence-corrected chi connectivity index (χ2v) is 9.74. The molecule has 0 saturated carbocycles. The van der Waals surface area contributed by atoms with E-state index in [9.17, 15) is 17.6 Å². The number of thioether (sulfide) groups is 1. The minimum atomic E-state index is -3.67. The van der Waals surface area contributed by atoms with Crippen LogP contribution < -0.4 is 10.0 Å². The van der Waals surface area contributed by atoms with Crippen LogP contribution in [0.3, 0.4) is 0 Å². The molecule has 150 valence electrons. The van der Waals surface area contributed by atoms with Gasteiger partial charge in [-0.3, -0.25) is 4.79 Å². The molecule has 0 bridgehead atoms. The minimum absolute atomic E-state index is 0.00142. The van der Waals surface area contributed by atoms with Crippen LogP contribution in [-0.2, 0) is 14.8 Å². The van der Waals surface area contributed by atoms with Gasteiger partial charge in [0.15, 0.2) is 0 Å².